The number of rotatable bonds is 5. The van der Waals surface area contributed by atoms with E-state index in [1.807, 2.05) is 4.90 Å². The van der Waals surface area contributed by atoms with Crippen LogP contribution < -0.4 is 10.6 Å². The Morgan fingerprint density at radius 2 is 2.00 bits per heavy atom. The van der Waals surface area contributed by atoms with E-state index >= 15 is 0 Å². The van der Waals surface area contributed by atoms with Gasteiger partial charge in [-0.3, -0.25) is 9.59 Å². The molecule has 7 heteroatoms. The van der Waals surface area contributed by atoms with Crippen molar-refractivity contribution >= 4 is 34.8 Å². The van der Waals surface area contributed by atoms with E-state index in [1.165, 1.54) is 18.2 Å². The molecule has 3 rings (SSSR count). The molecule has 0 radical (unpaired) electrons. The van der Waals surface area contributed by atoms with Crippen LogP contribution in [-0.4, -0.2) is 35.8 Å². The number of amides is 2. The molecule has 2 amide bonds. The second-order valence-corrected chi connectivity index (χ2v) is 7.36. The minimum Gasteiger partial charge on any atom is -0.376 e. The third-order valence-corrected chi connectivity index (χ3v) is 5.14. The third-order valence-electron chi connectivity index (χ3n) is 4.82. The van der Waals surface area contributed by atoms with Gasteiger partial charge in [0.15, 0.2) is 0 Å². The lowest BCUT2D eigenvalue weighted by atomic mass is 10.0. The minimum atomic E-state index is -0.416. The van der Waals surface area contributed by atoms with E-state index in [2.05, 4.69) is 17.6 Å². The van der Waals surface area contributed by atoms with Crippen LogP contribution in [0.15, 0.2) is 42.5 Å². The highest BCUT2D eigenvalue weighted by Gasteiger charge is 2.25. The Labute approximate surface area is 168 Å². The van der Waals surface area contributed by atoms with Gasteiger partial charge in [-0.2, -0.15) is 0 Å². The fraction of sp³-hybridized carbons (Fsp3) is 0.333. The molecular formula is C21H23ClFN3O2. The van der Waals surface area contributed by atoms with Crippen LogP contribution in [0.5, 0.6) is 0 Å². The average Bonchev–Trinajstić information content (AvgIpc) is 2.66. The van der Waals surface area contributed by atoms with Crippen LogP contribution >= 0.6 is 11.6 Å². The van der Waals surface area contributed by atoms with Gasteiger partial charge < -0.3 is 15.5 Å². The van der Waals surface area contributed by atoms with Gasteiger partial charge in [-0.05, 0) is 62.6 Å². The summed E-state index contributed by atoms with van der Waals surface area (Å²) in [6.07, 6.45) is 3.15. The molecule has 2 aromatic rings. The summed E-state index contributed by atoms with van der Waals surface area (Å²) < 4.78 is 13.2. The van der Waals surface area contributed by atoms with Crippen LogP contribution in [0, 0.1) is 5.82 Å². The molecule has 0 spiro atoms. The first kappa shape index (κ1) is 20.1. The van der Waals surface area contributed by atoms with Gasteiger partial charge in [-0.25, -0.2) is 4.39 Å². The quantitative estimate of drug-likeness (QED) is 0.770. The Hall–Kier alpha value is -2.60. The predicted molar refractivity (Wildman–Crippen MR) is 109 cm³/mol. The summed E-state index contributed by atoms with van der Waals surface area (Å²) in [5, 5.41) is 5.91. The molecule has 2 aromatic carbocycles. The Balaban J connectivity index is 1.59. The van der Waals surface area contributed by atoms with Crippen LogP contribution in [-0.2, 0) is 4.79 Å². The molecule has 1 heterocycles. The molecule has 1 aliphatic rings. The average molecular weight is 404 g/mol. The normalized spacial score (nSPS) is 16.5. The van der Waals surface area contributed by atoms with Gasteiger partial charge >= 0.3 is 0 Å². The number of benzene rings is 2. The molecule has 1 aliphatic heterocycles. The molecule has 1 fully saturated rings. The fourth-order valence-electron chi connectivity index (χ4n) is 3.31. The van der Waals surface area contributed by atoms with Crippen LogP contribution in [0.1, 0.15) is 36.5 Å². The topological polar surface area (TPSA) is 61.4 Å². The summed E-state index contributed by atoms with van der Waals surface area (Å²) in [6, 6.07) is 10.9. The van der Waals surface area contributed by atoms with Crippen molar-refractivity contribution in [1.29, 1.82) is 0 Å². The molecule has 148 valence electrons. The largest absolute Gasteiger partial charge is 0.376 e. The smallest absolute Gasteiger partial charge is 0.255 e. The molecule has 0 aromatic heterocycles. The second kappa shape index (κ2) is 9.06. The summed E-state index contributed by atoms with van der Waals surface area (Å²) >= 11 is 6.32. The van der Waals surface area contributed by atoms with Crippen molar-refractivity contribution in [1.82, 2.24) is 4.90 Å². The van der Waals surface area contributed by atoms with Crippen molar-refractivity contribution in [2.24, 2.45) is 0 Å². The maximum atomic E-state index is 13.2. The second-order valence-electron chi connectivity index (χ2n) is 6.95. The molecule has 0 saturated carbocycles. The maximum Gasteiger partial charge on any atom is 0.255 e. The van der Waals surface area contributed by atoms with Crippen LogP contribution in [0.4, 0.5) is 15.8 Å². The lowest BCUT2D eigenvalue weighted by Gasteiger charge is -2.33. The van der Waals surface area contributed by atoms with Crippen LogP contribution in [0.25, 0.3) is 0 Å². The molecule has 1 unspecified atom stereocenters. The van der Waals surface area contributed by atoms with Crippen molar-refractivity contribution in [3.63, 3.8) is 0 Å². The van der Waals surface area contributed by atoms with E-state index in [0.717, 1.165) is 25.8 Å². The Morgan fingerprint density at radius 3 is 2.71 bits per heavy atom. The monoisotopic (exact) mass is 403 g/mol. The van der Waals surface area contributed by atoms with Crippen molar-refractivity contribution < 1.29 is 14.0 Å². The zero-order chi connectivity index (χ0) is 20.1. The van der Waals surface area contributed by atoms with Gasteiger partial charge in [-0.15, -0.1) is 0 Å². The number of piperidine rings is 1. The molecule has 0 bridgehead atoms. The summed E-state index contributed by atoms with van der Waals surface area (Å²) in [4.78, 5) is 26.6. The van der Waals surface area contributed by atoms with Gasteiger partial charge in [0.2, 0.25) is 5.91 Å². The number of hydrogen-bond donors (Lipinski definition) is 2. The lowest BCUT2D eigenvalue weighted by Crippen LogP contribution is -2.42. The molecule has 1 atom stereocenters. The number of hydrogen-bond acceptors (Lipinski definition) is 3. The highest BCUT2D eigenvalue weighted by atomic mass is 35.5. The van der Waals surface area contributed by atoms with Crippen molar-refractivity contribution in [2.75, 3.05) is 23.7 Å². The first-order chi connectivity index (χ1) is 13.4. The van der Waals surface area contributed by atoms with E-state index in [9.17, 15) is 14.0 Å². The van der Waals surface area contributed by atoms with E-state index in [-0.39, 0.29) is 24.4 Å². The van der Waals surface area contributed by atoms with E-state index in [4.69, 9.17) is 11.6 Å². The minimum absolute atomic E-state index is 0.0106. The first-order valence-electron chi connectivity index (χ1n) is 9.34. The summed E-state index contributed by atoms with van der Waals surface area (Å²) in [5.41, 5.74) is 1.48. The number of carbonyl (C=O) groups excluding carboxylic acids is 2. The molecule has 5 nitrogen and oxygen atoms in total. The highest BCUT2D eigenvalue weighted by Crippen LogP contribution is 2.25. The highest BCUT2D eigenvalue weighted by molar-refractivity contribution is 6.34. The van der Waals surface area contributed by atoms with Gasteiger partial charge in [0.05, 0.1) is 17.1 Å². The predicted octanol–water partition coefficient (Wildman–Crippen LogP) is 4.54. The number of nitrogens with one attached hydrogen (secondary N) is 2. The molecule has 28 heavy (non-hydrogen) atoms. The zero-order valence-corrected chi connectivity index (χ0v) is 16.4. The SMILES string of the molecule is CC1CCCCN1C(=O)c1ccc(NCC(=O)Nc2cccc(F)c2)cc1Cl. The Bertz CT molecular complexity index is 874. The maximum absolute atomic E-state index is 13.2. The van der Waals surface area contributed by atoms with E-state index in [1.54, 1.807) is 24.3 Å². The number of anilines is 2. The van der Waals surface area contributed by atoms with E-state index in [0.29, 0.717) is 22.0 Å². The lowest BCUT2D eigenvalue weighted by molar-refractivity contribution is -0.114. The third kappa shape index (κ3) is 5.01. The number of nitrogens with zero attached hydrogens (tertiary/aromatic N) is 1. The first-order valence-corrected chi connectivity index (χ1v) is 9.71. The Kier molecular flexibility index (Phi) is 6.52. The summed E-state index contributed by atoms with van der Waals surface area (Å²) in [5.74, 6) is -0.794. The van der Waals surface area contributed by atoms with E-state index < -0.39 is 5.82 Å². The van der Waals surface area contributed by atoms with Crippen molar-refractivity contribution in [3.05, 3.63) is 58.9 Å². The number of likely N-dealkylation sites (tertiary alicyclic amines) is 1. The number of halogens is 2. The fourth-order valence-corrected chi connectivity index (χ4v) is 3.57. The summed E-state index contributed by atoms with van der Waals surface area (Å²) in [6.45, 7) is 2.79. The molecule has 2 N–H and O–H groups in total. The van der Waals surface area contributed by atoms with Crippen LogP contribution in [0.2, 0.25) is 5.02 Å². The van der Waals surface area contributed by atoms with Crippen molar-refractivity contribution in [3.8, 4) is 0 Å². The van der Waals surface area contributed by atoms with Gasteiger partial charge in [0.1, 0.15) is 5.82 Å². The van der Waals surface area contributed by atoms with Crippen molar-refractivity contribution in [2.45, 2.75) is 32.2 Å². The molecular weight excluding hydrogens is 381 g/mol. The standard InChI is InChI=1S/C21H23ClFN3O2/c1-14-5-2-3-10-26(14)21(28)18-9-8-16(12-19(18)22)24-13-20(27)25-17-7-4-6-15(23)11-17/h4,6-9,11-12,14,24H,2-3,5,10,13H2,1H3,(H,25,27). The van der Waals surface area contributed by atoms with Gasteiger partial charge in [0, 0.05) is 24.0 Å². The Morgan fingerprint density at radius 1 is 1.18 bits per heavy atom. The van der Waals surface area contributed by atoms with Crippen LogP contribution in [0.3, 0.4) is 0 Å². The van der Waals surface area contributed by atoms with Gasteiger partial charge in [0.25, 0.3) is 5.91 Å². The zero-order valence-electron chi connectivity index (χ0n) is 15.7. The summed E-state index contributed by atoms with van der Waals surface area (Å²) in [7, 11) is 0. The number of carbonyl (C=O) groups is 2. The molecule has 0 aliphatic carbocycles. The van der Waals surface area contributed by atoms with Gasteiger partial charge in [-0.1, -0.05) is 17.7 Å². The molecule has 1 saturated heterocycles.